The molecular weight excluding hydrogens is 275 g/mol. The summed E-state index contributed by atoms with van der Waals surface area (Å²) >= 11 is 6.07. The van der Waals surface area contributed by atoms with E-state index in [2.05, 4.69) is 11.8 Å². The molecule has 2 N–H and O–H groups in total. The standard InChI is InChI=1S/C16H18ClFN2/c1-2-20(10-12-4-3-5-15(19)8-12)11-13-6-7-14(18)9-16(13)17/h3-9H,2,10-11,19H2,1H3. The number of benzene rings is 2. The summed E-state index contributed by atoms with van der Waals surface area (Å²) < 4.78 is 13.0. The maximum atomic E-state index is 13.0. The van der Waals surface area contributed by atoms with Crippen LogP contribution in [0.3, 0.4) is 0 Å². The van der Waals surface area contributed by atoms with Crippen LogP contribution in [0.4, 0.5) is 10.1 Å². The predicted octanol–water partition coefficient (Wildman–Crippen LogP) is 4.08. The highest BCUT2D eigenvalue weighted by atomic mass is 35.5. The van der Waals surface area contributed by atoms with Crippen molar-refractivity contribution in [3.8, 4) is 0 Å². The van der Waals surface area contributed by atoms with E-state index < -0.39 is 0 Å². The Morgan fingerprint density at radius 2 is 1.95 bits per heavy atom. The molecule has 0 aliphatic rings. The normalized spacial score (nSPS) is 11.0. The van der Waals surface area contributed by atoms with E-state index in [1.54, 1.807) is 6.07 Å². The van der Waals surface area contributed by atoms with Crippen LogP contribution in [-0.2, 0) is 13.1 Å². The van der Waals surface area contributed by atoms with Gasteiger partial charge in [-0.25, -0.2) is 4.39 Å². The topological polar surface area (TPSA) is 29.3 Å². The van der Waals surface area contributed by atoms with Gasteiger partial charge in [0, 0.05) is 23.8 Å². The smallest absolute Gasteiger partial charge is 0.124 e. The molecule has 0 aliphatic heterocycles. The minimum absolute atomic E-state index is 0.308. The first-order valence-electron chi connectivity index (χ1n) is 6.59. The molecule has 0 saturated carbocycles. The van der Waals surface area contributed by atoms with Gasteiger partial charge >= 0.3 is 0 Å². The van der Waals surface area contributed by atoms with Crippen molar-refractivity contribution in [1.82, 2.24) is 4.90 Å². The zero-order valence-electron chi connectivity index (χ0n) is 11.4. The fourth-order valence-corrected chi connectivity index (χ4v) is 2.35. The van der Waals surface area contributed by atoms with Crippen molar-refractivity contribution in [3.05, 3.63) is 64.4 Å². The second-order valence-electron chi connectivity index (χ2n) is 4.78. The Hall–Kier alpha value is -1.58. The third-order valence-corrected chi connectivity index (χ3v) is 3.57. The van der Waals surface area contributed by atoms with Gasteiger partial charge in [0.2, 0.25) is 0 Å². The monoisotopic (exact) mass is 292 g/mol. The number of nitrogen functional groups attached to an aromatic ring is 1. The Balaban J connectivity index is 2.09. The lowest BCUT2D eigenvalue weighted by molar-refractivity contribution is 0.271. The molecule has 2 rings (SSSR count). The fourth-order valence-electron chi connectivity index (χ4n) is 2.12. The molecule has 0 bridgehead atoms. The number of nitrogens with two attached hydrogens (primary N) is 1. The second-order valence-corrected chi connectivity index (χ2v) is 5.19. The summed E-state index contributed by atoms with van der Waals surface area (Å²) in [6, 6.07) is 12.4. The van der Waals surface area contributed by atoms with Crippen LogP contribution in [0.5, 0.6) is 0 Å². The molecule has 2 aromatic rings. The average molecular weight is 293 g/mol. The van der Waals surface area contributed by atoms with Crippen LogP contribution in [-0.4, -0.2) is 11.4 Å². The van der Waals surface area contributed by atoms with Gasteiger partial charge < -0.3 is 5.73 Å². The van der Waals surface area contributed by atoms with Crippen molar-refractivity contribution < 1.29 is 4.39 Å². The number of hydrogen-bond donors (Lipinski definition) is 1. The lowest BCUT2D eigenvalue weighted by atomic mass is 10.1. The Kier molecular flexibility index (Phi) is 4.99. The number of nitrogens with zero attached hydrogens (tertiary/aromatic N) is 1. The maximum Gasteiger partial charge on any atom is 0.124 e. The number of rotatable bonds is 5. The summed E-state index contributed by atoms with van der Waals surface area (Å²) in [5.74, 6) is -0.308. The van der Waals surface area contributed by atoms with Crippen LogP contribution in [0.2, 0.25) is 5.02 Å². The van der Waals surface area contributed by atoms with Crippen molar-refractivity contribution in [1.29, 1.82) is 0 Å². The highest BCUT2D eigenvalue weighted by Gasteiger charge is 2.08. The van der Waals surface area contributed by atoms with Crippen molar-refractivity contribution >= 4 is 17.3 Å². The molecule has 0 radical (unpaired) electrons. The zero-order chi connectivity index (χ0) is 14.5. The van der Waals surface area contributed by atoms with Crippen LogP contribution < -0.4 is 5.73 Å². The van der Waals surface area contributed by atoms with Crippen molar-refractivity contribution in [2.75, 3.05) is 12.3 Å². The fraction of sp³-hybridized carbons (Fsp3) is 0.250. The molecule has 20 heavy (non-hydrogen) atoms. The molecule has 0 heterocycles. The van der Waals surface area contributed by atoms with Crippen LogP contribution in [0.25, 0.3) is 0 Å². The van der Waals surface area contributed by atoms with Gasteiger partial charge in [0.1, 0.15) is 5.82 Å². The van der Waals surface area contributed by atoms with Crippen molar-refractivity contribution in [3.63, 3.8) is 0 Å². The SMILES string of the molecule is CCN(Cc1cccc(N)c1)Cc1ccc(F)cc1Cl. The van der Waals surface area contributed by atoms with Crippen molar-refractivity contribution in [2.45, 2.75) is 20.0 Å². The number of hydrogen-bond acceptors (Lipinski definition) is 2. The molecule has 0 saturated heterocycles. The molecule has 0 unspecified atom stereocenters. The molecular formula is C16H18ClFN2. The van der Waals surface area contributed by atoms with E-state index in [9.17, 15) is 4.39 Å². The van der Waals surface area contributed by atoms with Crippen LogP contribution in [0.15, 0.2) is 42.5 Å². The first-order valence-corrected chi connectivity index (χ1v) is 6.97. The molecule has 0 atom stereocenters. The molecule has 2 nitrogen and oxygen atoms in total. The zero-order valence-corrected chi connectivity index (χ0v) is 12.2. The lowest BCUT2D eigenvalue weighted by Crippen LogP contribution is -2.22. The van der Waals surface area contributed by atoms with E-state index in [1.807, 2.05) is 24.3 Å². The van der Waals surface area contributed by atoms with E-state index in [4.69, 9.17) is 17.3 Å². The van der Waals surface area contributed by atoms with Gasteiger partial charge in [-0.3, -0.25) is 4.90 Å². The van der Waals surface area contributed by atoms with E-state index >= 15 is 0 Å². The Labute approximate surface area is 124 Å². The average Bonchev–Trinajstić information content (AvgIpc) is 2.41. The van der Waals surface area contributed by atoms with Gasteiger partial charge in [0.15, 0.2) is 0 Å². The molecule has 0 fully saturated rings. The van der Waals surface area contributed by atoms with Gasteiger partial charge in [-0.15, -0.1) is 0 Å². The number of halogens is 2. The largest absolute Gasteiger partial charge is 0.399 e. The minimum atomic E-state index is -0.308. The van der Waals surface area contributed by atoms with Gasteiger partial charge in [0.05, 0.1) is 0 Å². The third kappa shape index (κ3) is 3.95. The summed E-state index contributed by atoms with van der Waals surface area (Å²) in [6.07, 6.45) is 0. The summed E-state index contributed by atoms with van der Waals surface area (Å²) in [4.78, 5) is 2.23. The van der Waals surface area contributed by atoms with Crippen LogP contribution in [0.1, 0.15) is 18.1 Å². The van der Waals surface area contributed by atoms with E-state index in [0.29, 0.717) is 11.6 Å². The third-order valence-electron chi connectivity index (χ3n) is 3.21. The summed E-state index contributed by atoms with van der Waals surface area (Å²) in [6.45, 7) is 4.44. The first-order chi connectivity index (χ1) is 9.58. The number of anilines is 1. The quantitative estimate of drug-likeness (QED) is 0.841. The lowest BCUT2D eigenvalue weighted by Gasteiger charge is -2.21. The second kappa shape index (κ2) is 6.73. The molecule has 2 aromatic carbocycles. The molecule has 0 aliphatic carbocycles. The highest BCUT2D eigenvalue weighted by Crippen LogP contribution is 2.20. The van der Waals surface area contributed by atoms with Crippen LogP contribution in [0, 0.1) is 5.82 Å². The van der Waals surface area contributed by atoms with E-state index in [1.165, 1.54) is 12.1 Å². The van der Waals surface area contributed by atoms with E-state index in [-0.39, 0.29) is 5.82 Å². The molecule has 0 spiro atoms. The van der Waals surface area contributed by atoms with Gasteiger partial charge in [-0.2, -0.15) is 0 Å². The molecule has 106 valence electrons. The minimum Gasteiger partial charge on any atom is -0.399 e. The maximum absolute atomic E-state index is 13.0. The van der Waals surface area contributed by atoms with Crippen LogP contribution >= 0.6 is 11.6 Å². The highest BCUT2D eigenvalue weighted by molar-refractivity contribution is 6.31. The predicted molar refractivity (Wildman–Crippen MR) is 82.1 cm³/mol. The van der Waals surface area contributed by atoms with Crippen molar-refractivity contribution in [2.24, 2.45) is 0 Å². The van der Waals surface area contributed by atoms with Gasteiger partial charge in [-0.05, 0) is 41.9 Å². The Morgan fingerprint density at radius 3 is 2.60 bits per heavy atom. The molecule has 4 heteroatoms. The summed E-state index contributed by atoms with van der Waals surface area (Å²) in [7, 11) is 0. The Morgan fingerprint density at radius 1 is 1.15 bits per heavy atom. The van der Waals surface area contributed by atoms with Gasteiger partial charge in [0.25, 0.3) is 0 Å². The van der Waals surface area contributed by atoms with E-state index in [0.717, 1.165) is 29.9 Å². The van der Waals surface area contributed by atoms with Gasteiger partial charge in [-0.1, -0.05) is 36.7 Å². The Bertz CT molecular complexity index is 586. The first kappa shape index (κ1) is 14.8. The molecule has 0 aromatic heterocycles. The summed E-state index contributed by atoms with van der Waals surface area (Å²) in [5, 5.41) is 0.469. The summed E-state index contributed by atoms with van der Waals surface area (Å²) in [5.41, 5.74) is 8.64. The molecule has 0 amide bonds.